The molecule has 116 valence electrons. The maximum absolute atomic E-state index is 5.17. The third-order valence-corrected chi connectivity index (χ3v) is 4.19. The number of nitrogens with zero attached hydrogens (tertiary/aromatic N) is 4. The van der Waals surface area contributed by atoms with Crippen LogP contribution in [-0.4, -0.2) is 48.2 Å². The first-order valence-electron chi connectivity index (χ1n) is 7.64. The normalized spacial score (nSPS) is 15.8. The molecule has 1 saturated heterocycles. The molecule has 0 atom stereocenters. The van der Waals surface area contributed by atoms with Crippen LogP contribution in [0.3, 0.4) is 0 Å². The average Bonchev–Trinajstić information content (AvgIpc) is 2.58. The topological polar surface area (TPSA) is 41.5 Å². The minimum atomic E-state index is 0.618. The summed E-state index contributed by atoms with van der Waals surface area (Å²) in [5.74, 6) is 1.56. The lowest BCUT2D eigenvalue weighted by molar-refractivity contribution is 0.248. The van der Waals surface area contributed by atoms with E-state index in [4.69, 9.17) is 4.74 Å². The summed E-state index contributed by atoms with van der Waals surface area (Å²) in [7, 11) is 1.63. The fourth-order valence-electron chi connectivity index (χ4n) is 2.78. The van der Waals surface area contributed by atoms with Crippen LogP contribution in [0.25, 0.3) is 0 Å². The summed E-state index contributed by atoms with van der Waals surface area (Å²) in [6.07, 6.45) is 1.56. The second-order valence-corrected chi connectivity index (χ2v) is 5.61. The Hall–Kier alpha value is -2.14. The summed E-state index contributed by atoms with van der Waals surface area (Å²) in [6.45, 7) is 7.24. The first-order valence-corrected chi connectivity index (χ1v) is 7.64. The van der Waals surface area contributed by atoms with Crippen molar-refractivity contribution in [1.29, 1.82) is 0 Å². The van der Waals surface area contributed by atoms with Gasteiger partial charge in [0.1, 0.15) is 12.1 Å². The van der Waals surface area contributed by atoms with Crippen molar-refractivity contribution in [1.82, 2.24) is 14.9 Å². The molecule has 5 nitrogen and oxygen atoms in total. The smallest absolute Gasteiger partial charge is 0.218 e. The Morgan fingerprint density at radius 3 is 2.59 bits per heavy atom. The molecule has 0 unspecified atom stereocenters. The maximum Gasteiger partial charge on any atom is 0.218 e. The van der Waals surface area contributed by atoms with Gasteiger partial charge in [-0.2, -0.15) is 0 Å². The van der Waals surface area contributed by atoms with Gasteiger partial charge < -0.3 is 9.64 Å². The molecule has 22 heavy (non-hydrogen) atoms. The summed E-state index contributed by atoms with van der Waals surface area (Å²) >= 11 is 0. The first kappa shape index (κ1) is 14.8. The average molecular weight is 298 g/mol. The molecule has 2 aromatic rings. The van der Waals surface area contributed by atoms with Crippen LogP contribution in [0.2, 0.25) is 0 Å². The molecule has 0 saturated carbocycles. The number of ether oxygens (including phenoxy) is 1. The van der Waals surface area contributed by atoms with Crippen molar-refractivity contribution in [2.45, 2.75) is 13.5 Å². The SMILES string of the molecule is COc1cc(N2CCN(Cc3ccccc3C)CC2)ncn1. The summed E-state index contributed by atoms with van der Waals surface area (Å²) in [5.41, 5.74) is 2.78. The Bertz CT molecular complexity index is 624. The number of benzene rings is 1. The van der Waals surface area contributed by atoms with Crippen molar-refractivity contribution in [2.24, 2.45) is 0 Å². The third-order valence-electron chi connectivity index (χ3n) is 4.19. The van der Waals surface area contributed by atoms with E-state index in [9.17, 15) is 0 Å². The Morgan fingerprint density at radius 1 is 1.09 bits per heavy atom. The van der Waals surface area contributed by atoms with Gasteiger partial charge in [0.2, 0.25) is 5.88 Å². The van der Waals surface area contributed by atoms with Crippen molar-refractivity contribution >= 4 is 5.82 Å². The number of aryl methyl sites for hydroxylation is 1. The number of anilines is 1. The Labute approximate surface area is 131 Å². The van der Waals surface area contributed by atoms with E-state index in [-0.39, 0.29) is 0 Å². The van der Waals surface area contributed by atoms with Crippen LogP contribution in [0, 0.1) is 6.92 Å². The van der Waals surface area contributed by atoms with E-state index in [0.717, 1.165) is 38.5 Å². The van der Waals surface area contributed by atoms with Gasteiger partial charge in [0.05, 0.1) is 7.11 Å². The Balaban J connectivity index is 1.59. The quantitative estimate of drug-likeness (QED) is 0.865. The zero-order valence-corrected chi connectivity index (χ0v) is 13.2. The number of hydrogen-bond acceptors (Lipinski definition) is 5. The van der Waals surface area contributed by atoms with E-state index < -0.39 is 0 Å². The zero-order valence-electron chi connectivity index (χ0n) is 13.2. The van der Waals surface area contributed by atoms with Gasteiger partial charge in [-0.25, -0.2) is 9.97 Å². The van der Waals surface area contributed by atoms with Crippen LogP contribution in [0.5, 0.6) is 5.88 Å². The monoisotopic (exact) mass is 298 g/mol. The predicted molar refractivity (Wildman–Crippen MR) is 87.3 cm³/mol. The molecule has 0 N–H and O–H groups in total. The molecule has 5 heteroatoms. The highest BCUT2D eigenvalue weighted by molar-refractivity contribution is 5.41. The minimum Gasteiger partial charge on any atom is -0.481 e. The molecule has 1 aromatic heterocycles. The van der Waals surface area contributed by atoms with E-state index in [1.54, 1.807) is 13.4 Å². The highest BCUT2D eigenvalue weighted by Crippen LogP contribution is 2.18. The van der Waals surface area contributed by atoms with E-state index in [0.29, 0.717) is 5.88 Å². The number of aromatic nitrogens is 2. The number of piperazine rings is 1. The molecule has 0 radical (unpaired) electrons. The molecule has 1 aliphatic rings. The second kappa shape index (κ2) is 6.75. The van der Waals surface area contributed by atoms with Gasteiger partial charge in [-0.05, 0) is 18.1 Å². The number of hydrogen-bond donors (Lipinski definition) is 0. The van der Waals surface area contributed by atoms with Gasteiger partial charge in [-0.1, -0.05) is 24.3 Å². The third kappa shape index (κ3) is 3.36. The highest BCUT2D eigenvalue weighted by Gasteiger charge is 2.19. The molecule has 0 amide bonds. The van der Waals surface area contributed by atoms with Gasteiger partial charge in [-0.15, -0.1) is 0 Å². The van der Waals surface area contributed by atoms with Gasteiger partial charge in [0.15, 0.2) is 0 Å². The van der Waals surface area contributed by atoms with Crippen LogP contribution in [0.1, 0.15) is 11.1 Å². The predicted octanol–water partition coefficient (Wildman–Crippen LogP) is 2.12. The lowest BCUT2D eigenvalue weighted by atomic mass is 10.1. The Morgan fingerprint density at radius 2 is 1.86 bits per heavy atom. The zero-order chi connectivity index (χ0) is 15.4. The first-order chi connectivity index (χ1) is 10.8. The number of methoxy groups -OCH3 is 1. The van der Waals surface area contributed by atoms with Crippen molar-refractivity contribution in [3.63, 3.8) is 0 Å². The van der Waals surface area contributed by atoms with Crippen molar-refractivity contribution in [2.75, 3.05) is 38.2 Å². The van der Waals surface area contributed by atoms with E-state index in [1.807, 2.05) is 6.07 Å². The van der Waals surface area contributed by atoms with E-state index in [2.05, 4.69) is 51.0 Å². The molecule has 1 aromatic carbocycles. The van der Waals surface area contributed by atoms with Crippen LogP contribution < -0.4 is 9.64 Å². The molecule has 0 spiro atoms. The van der Waals surface area contributed by atoms with Gasteiger partial charge >= 0.3 is 0 Å². The van der Waals surface area contributed by atoms with Crippen molar-refractivity contribution in [3.8, 4) is 5.88 Å². The summed E-state index contributed by atoms with van der Waals surface area (Å²) in [6, 6.07) is 10.5. The van der Waals surface area contributed by atoms with Gasteiger partial charge in [0, 0.05) is 38.8 Å². The fraction of sp³-hybridized carbons (Fsp3) is 0.412. The minimum absolute atomic E-state index is 0.618. The van der Waals surface area contributed by atoms with Crippen molar-refractivity contribution < 1.29 is 4.74 Å². The highest BCUT2D eigenvalue weighted by atomic mass is 16.5. The largest absolute Gasteiger partial charge is 0.481 e. The van der Waals surface area contributed by atoms with Gasteiger partial charge in [0.25, 0.3) is 0 Å². The Kier molecular flexibility index (Phi) is 4.53. The van der Waals surface area contributed by atoms with Crippen LogP contribution in [-0.2, 0) is 6.54 Å². The lowest BCUT2D eigenvalue weighted by Crippen LogP contribution is -2.46. The second-order valence-electron chi connectivity index (χ2n) is 5.61. The molecule has 2 heterocycles. The van der Waals surface area contributed by atoms with Crippen molar-refractivity contribution in [3.05, 3.63) is 47.8 Å². The van der Waals surface area contributed by atoms with E-state index >= 15 is 0 Å². The molecular weight excluding hydrogens is 276 g/mol. The molecule has 0 bridgehead atoms. The lowest BCUT2D eigenvalue weighted by Gasteiger charge is -2.35. The summed E-state index contributed by atoms with van der Waals surface area (Å²) in [4.78, 5) is 13.2. The molecular formula is C17H22N4O. The number of rotatable bonds is 4. The molecule has 3 rings (SSSR count). The van der Waals surface area contributed by atoms with Gasteiger partial charge in [-0.3, -0.25) is 4.90 Å². The standard InChI is InChI=1S/C17H22N4O/c1-14-5-3-4-6-15(14)12-20-7-9-21(10-8-20)16-11-17(22-2)19-13-18-16/h3-6,11,13H,7-10,12H2,1-2H3. The molecule has 1 aliphatic heterocycles. The van der Waals surface area contributed by atoms with Crippen LogP contribution in [0.15, 0.2) is 36.7 Å². The van der Waals surface area contributed by atoms with Crippen LogP contribution >= 0.6 is 0 Å². The van der Waals surface area contributed by atoms with Crippen LogP contribution in [0.4, 0.5) is 5.82 Å². The summed E-state index contributed by atoms with van der Waals surface area (Å²) < 4.78 is 5.17. The molecule has 0 aliphatic carbocycles. The fourth-order valence-corrected chi connectivity index (χ4v) is 2.78. The van der Waals surface area contributed by atoms with E-state index in [1.165, 1.54) is 11.1 Å². The summed E-state index contributed by atoms with van der Waals surface area (Å²) in [5, 5.41) is 0. The molecule has 1 fully saturated rings. The maximum atomic E-state index is 5.17.